The molecule has 0 saturated heterocycles. The summed E-state index contributed by atoms with van der Waals surface area (Å²) in [5.74, 6) is 0.914. The van der Waals surface area contributed by atoms with Gasteiger partial charge in [0.1, 0.15) is 22.9 Å². The van der Waals surface area contributed by atoms with Crippen molar-refractivity contribution in [3.8, 4) is 5.75 Å². The number of nitrogens with one attached hydrogen (secondary N) is 2. The summed E-state index contributed by atoms with van der Waals surface area (Å²) >= 11 is 1.61. The van der Waals surface area contributed by atoms with Gasteiger partial charge in [0, 0.05) is 29.7 Å². The smallest absolute Gasteiger partial charge is 0.260 e. The molecule has 5 rings (SSSR count). The zero-order chi connectivity index (χ0) is 22.8. The van der Waals surface area contributed by atoms with E-state index in [2.05, 4.69) is 30.7 Å². The molecule has 0 radical (unpaired) electrons. The van der Waals surface area contributed by atoms with Gasteiger partial charge in [0.15, 0.2) is 6.10 Å². The van der Waals surface area contributed by atoms with Crippen molar-refractivity contribution < 1.29 is 9.53 Å². The SMILES string of the molecule is CNC(=O)[C@@H](C)Oc1cccc2ncnc(Nc3ccc4c(cnn4Cc4nccs4)c3)c12. The van der Waals surface area contributed by atoms with Crippen LogP contribution in [0.25, 0.3) is 21.8 Å². The number of amides is 1. The second-order valence-electron chi connectivity index (χ2n) is 7.37. The Hall–Kier alpha value is -4.05. The maximum Gasteiger partial charge on any atom is 0.260 e. The molecule has 10 heteroatoms. The molecular formula is C23H21N7O2S. The number of rotatable bonds is 7. The Balaban J connectivity index is 1.46. The third-order valence-corrected chi connectivity index (χ3v) is 5.98. The highest BCUT2D eigenvalue weighted by Gasteiger charge is 2.17. The summed E-state index contributed by atoms with van der Waals surface area (Å²) in [5.41, 5.74) is 2.59. The van der Waals surface area contributed by atoms with Gasteiger partial charge in [0.2, 0.25) is 0 Å². The monoisotopic (exact) mass is 459 g/mol. The first-order chi connectivity index (χ1) is 16.1. The van der Waals surface area contributed by atoms with Crippen LogP contribution in [0.15, 0.2) is 60.5 Å². The molecule has 33 heavy (non-hydrogen) atoms. The number of carbonyl (C=O) groups is 1. The Bertz CT molecular complexity index is 1430. The van der Waals surface area contributed by atoms with Gasteiger partial charge < -0.3 is 15.4 Å². The van der Waals surface area contributed by atoms with Gasteiger partial charge in [0.25, 0.3) is 5.91 Å². The van der Waals surface area contributed by atoms with Gasteiger partial charge in [-0.3, -0.25) is 9.48 Å². The molecule has 0 aliphatic rings. The van der Waals surface area contributed by atoms with Gasteiger partial charge in [-0.2, -0.15) is 5.10 Å². The van der Waals surface area contributed by atoms with E-state index in [4.69, 9.17) is 4.74 Å². The number of hydrogen-bond acceptors (Lipinski definition) is 8. The third-order valence-electron chi connectivity index (χ3n) is 5.22. The number of thiazole rings is 1. The number of carbonyl (C=O) groups excluding carboxylic acids is 1. The van der Waals surface area contributed by atoms with Crippen LogP contribution < -0.4 is 15.4 Å². The molecule has 0 bridgehead atoms. The zero-order valence-electron chi connectivity index (χ0n) is 18.0. The van der Waals surface area contributed by atoms with Crippen molar-refractivity contribution in [1.29, 1.82) is 0 Å². The van der Waals surface area contributed by atoms with Gasteiger partial charge in [0.05, 0.1) is 29.2 Å². The predicted octanol–water partition coefficient (Wildman–Crippen LogP) is 3.74. The largest absolute Gasteiger partial charge is 0.480 e. The number of nitrogens with zero attached hydrogens (tertiary/aromatic N) is 5. The lowest BCUT2D eigenvalue weighted by Gasteiger charge is -2.16. The maximum atomic E-state index is 12.0. The number of aromatic nitrogens is 5. The van der Waals surface area contributed by atoms with Crippen LogP contribution in [0.1, 0.15) is 11.9 Å². The average Bonchev–Trinajstić information content (AvgIpc) is 3.49. The van der Waals surface area contributed by atoms with Crippen molar-refractivity contribution in [2.75, 3.05) is 12.4 Å². The molecule has 0 aliphatic carbocycles. The first kappa shape index (κ1) is 20.8. The molecule has 3 aromatic heterocycles. The van der Waals surface area contributed by atoms with Crippen molar-refractivity contribution in [2.24, 2.45) is 0 Å². The first-order valence-corrected chi connectivity index (χ1v) is 11.2. The molecule has 9 nitrogen and oxygen atoms in total. The fourth-order valence-corrected chi connectivity index (χ4v) is 4.20. The van der Waals surface area contributed by atoms with Gasteiger partial charge in [-0.1, -0.05) is 6.07 Å². The molecule has 5 aromatic rings. The fraction of sp³-hybridized carbons (Fsp3) is 0.174. The zero-order valence-corrected chi connectivity index (χ0v) is 18.8. The predicted molar refractivity (Wildman–Crippen MR) is 128 cm³/mol. The Kier molecular flexibility index (Phi) is 5.57. The van der Waals surface area contributed by atoms with Gasteiger partial charge in [-0.25, -0.2) is 15.0 Å². The Morgan fingerprint density at radius 3 is 2.94 bits per heavy atom. The number of hydrogen-bond donors (Lipinski definition) is 2. The van der Waals surface area contributed by atoms with E-state index in [9.17, 15) is 4.79 Å². The minimum absolute atomic E-state index is 0.210. The standard InChI is InChI=1S/C23H21N7O2S/c1-14(23(31)24-2)32-19-5-3-4-17-21(19)22(27-13-26-17)29-16-6-7-18-15(10-16)11-28-30(18)12-20-25-8-9-33-20/h3-11,13-14H,12H2,1-2H3,(H,24,31)(H,26,27,29)/t14-/m1/s1. The van der Waals surface area contributed by atoms with Crippen molar-refractivity contribution in [2.45, 2.75) is 19.6 Å². The lowest BCUT2D eigenvalue weighted by atomic mass is 10.2. The molecule has 1 amide bonds. The number of likely N-dealkylation sites (N-methyl/N-ethyl adjacent to an activating group) is 1. The van der Waals surface area contributed by atoms with E-state index in [1.54, 1.807) is 31.5 Å². The maximum absolute atomic E-state index is 12.0. The van der Waals surface area contributed by atoms with E-state index in [1.165, 1.54) is 6.33 Å². The van der Waals surface area contributed by atoms with Crippen LogP contribution in [0.2, 0.25) is 0 Å². The van der Waals surface area contributed by atoms with Crippen LogP contribution in [-0.2, 0) is 11.3 Å². The lowest BCUT2D eigenvalue weighted by molar-refractivity contribution is -0.126. The third kappa shape index (κ3) is 4.20. The van der Waals surface area contributed by atoms with E-state index in [-0.39, 0.29) is 5.91 Å². The van der Waals surface area contributed by atoms with Crippen molar-refractivity contribution in [3.63, 3.8) is 0 Å². The van der Waals surface area contributed by atoms with Crippen LogP contribution in [-0.4, -0.2) is 43.8 Å². The van der Waals surface area contributed by atoms with Gasteiger partial charge >= 0.3 is 0 Å². The highest BCUT2D eigenvalue weighted by Crippen LogP contribution is 2.32. The van der Waals surface area contributed by atoms with E-state index in [0.717, 1.165) is 21.6 Å². The van der Waals surface area contributed by atoms with E-state index in [0.29, 0.717) is 29.0 Å². The van der Waals surface area contributed by atoms with E-state index >= 15 is 0 Å². The van der Waals surface area contributed by atoms with E-state index < -0.39 is 6.10 Å². The average molecular weight is 460 g/mol. The topological polar surface area (TPSA) is 107 Å². The second-order valence-corrected chi connectivity index (χ2v) is 8.35. The number of benzene rings is 2. The quantitative estimate of drug-likeness (QED) is 0.382. The van der Waals surface area contributed by atoms with Crippen LogP contribution in [0.4, 0.5) is 11.5 Å². The molecule has 0 spiro atoms. The Morgan fingerprint density at radius 1 is 1.21 bits per heavy atom. The van der Waals surface area contributed by atoms with Crippen LogP contribution in [0.5, 0.6) is 5.75 Å². The normalized spacial score (nSPS) is 12.1. The molecule has 0 aliphatic heterocycles. The summed E-state index contributed by atoms with van der Waals surface area (Å²) in [6.07, 6.45) is 4.48. The molecule has 2 aromatic carbocycles. The summed E-state index contributed by atoms with van der Waals surface area (Å²) in [6, 6.07) is 11.5. The van der Waals surface area contributed by atoms with Crippen molar-refractivity contribution in [1.82, 2.24) is 30.0 Å². The van der Waals surface area contributed by atoms with Gasteiger partial charge in [-0.15, -0.1) is 11.3 Å². The minimum Gasteiger partial charge on any atom is -0.480 e. The van der Waals surface area contributed by atoms with Gasteiger partial charge in [-0.05, 0) is 37.3 Å². The molecule has 1 atom stereocenters. The fourth-order valence-electron chi connectivity index (χ4n) is 3.61. The van der Waals surface area contributed by atoms with E-state index in [1.807, 2.05) is 52.7 Å². The summed E-state index contributed by atoms with van der Waals surface area (Å²) < 4.78 is 7.87. The molecule has 0 fully saturated rings. The number of fused-ring (bicyclic) bond motifs is 2. The Labute approximate surface area is 193 Å². The first-order valence-electron chi connectivity index (χ1n) is 10.4. The molecule has 3 heterocycles. The minimum atomic E-state index is -0.659. The number of ether oxygens (including phenoxy) is 1. The summed E-state index contributed by atoms with van der Waals surface area (Å²) in [5, 5.41) is 15.2. The Morgan fingerprint density at radius 2 is 2.12 bits per heavy atom. The van der Waals surface area contributed by atoms with Crippen molar-refractivity contribution in [3.05, 3.63) is 65.5 Å². The van der Waals surface area contributed by atoms with Crippen LogP contribution in [0, 0.1) is 0 Å². The summed E-state index contributed by atoms with van der Waals surface area (Å²) in [7, 11) is 1.58. The molecule has 0 saturated carbocycles. The molecule has 2 N–H and O–H groups in total. The summed E-state index contributed by atoms with van der Waals surface area (Å²) in [4.78, 5) is 25.1. The molecular weight excluding hydrogens is 438 g/mol. The highest BCUT2D eigenvalue weighted by atomic mass is 32.1. The lowest BCUT2D eigenvalue weighted by Crippen LogP contribution is -2.33. The van der Waals surface area contributed by atoms with Crippen LogP contribution >= 0.6 is 11.3 Å². The molecule has 166 valence electrons. The molecule has 0 unspecified atom stereocenters. The second kappa shape index (κ2) is 8.83. The highest BCUT2D eigenvalue weighted by molar-refractivity contribution is 7.09. The number of anilines is 2. The summed E-state index contributed by atoms with van der Waals surface area (Å²) in [6.45, 7) is 2.33. The van der Waals surface area contributed by atoms with Crippen molar-refractivity contribution >= 4 is 50.6 Å². The van der Waals surface area contributed by atoms with Crippen LogP contribution in [0.3, 0.4) is 0 Å².